The van der Waals surface area contributed by atoms with Gasteiger partial charge in [-0.2, -0.15) is 0 Å². The van der Waals surface area contributed by atoms with Crippen LogP contribution < -0.4 is 5.32 Å². The highest BCUT2D eigenvalue weighted by Gasteiger charge is 1.98. The lowest BCUT2D eigenvalue weighted by Gasteiger charge is -2.10. The third-order valence-electron chi connectivity index (χ3n) is 1.36. The van der Waals surface area contributed by atoms with Crippen molar-refractivity contribution < 1.29 is 5.11 Å². The second kappa shape index (κ2) is 5.69. The van der Waals surface area contributed by atoms with E-state index in [1.807, 2.05) is 6.92 Å². The monoisotopic (exact) mass is 145 g/mol. The summed E-state index contributed by atoms with van der Waals surface area (Å²) in [6.45, 7) is 8.64. The Balaban J connectivity index is 3.03. The molecule has 0 aromatic carbocycles. The molecular weight excluding hydrogens is 126 g/mol. The van der Waals surface area contributed by atoms with Crippen LogP contribution in [-0.2, 0) is 0 Å². The van der Waals surface area contributed by atoms with Gasteiger partial charge in [-0.3, -0.25) is 0 Å². The van der Waals surface area contributed by atoms with Crippen LogP contribution in [0, 0.1) is 11.8 Å². The van der Waals surface area contributed by atoms with Gasteiger partial charge in [0.1, 0.15) is 0 Å². The number of hydrogen-bond donors (Lipinski definition) is 2. The molecule has 0 saturated carbocycles. The Morgan fingerprint density at radius 3 is 2.20 bits per heavy atom. The lowest BCUT2D eigenvalue weighted by molar-refractivity contribution is 0.233. The molecule has 0 amide bonds. The topological polar surface area (TPSA) is 32.3 Å². The average Bonchev–Trinajstić information content (AvgIpc) is 1.87. The zero-order chi connectivity index (χ0) is 7.98. The number of aliphatic hydroxyl groups is 1. The first-order chi connectivity index (χ1) is 4.66. The molecule has 2 nitrogen and oxygen atoms in total. The molecule has 0 saturated heterocycles. The van der Waals surface area contributed by atoms with Crippen LogP contribution in [0.4, 0.5) is 0 Å². The van der Waals surface area contributed by atoms with E-state index in [0.29, 0.717) is 11.8 Å². The van der Waals surface area contributed by atoms with Gasteiger partial charge in [0.15, 0.2) is 0 Å². The predicted molar refractivity (Wildman–Crippen MR) is 44.0 cm³/mol. The molecule has 10 heavy (non-hydrogen) atoms. The quantitative estimate of drug-likeness (QED) is 0.601. The summed E-state index contributed by atoms with van der Waals surface area (Å²) in [5, 5.41) is 11.9. The molecule has 2 heteroatoms. The Kier molecular flexibility index (Phi) is 5.64. The summed E-state index contributed by atoms with van der Waals surface area (Å²) in [5.74, 6) is 1.09. The van der Waals surface area contributed by atoms with Crippen LogP contribution in [0.15, 0.2) is 0 Å². The van der Waals surface area contributed by atoms with Crippen LogP contribution in [0.2, 0.25) is 0 Å². The fourth-order valence-corrected chi connectivity index (χ4v) is 0.683. The minimum absolute atomic E-state index is 0.283. The van der Waals surface area contributed by atoms with Gasteiger partial charge in [-0.15, -0.1) is 0 Å². The Labute approximate surface area is 63.6 Å². The van der Waals surface area contributed by atoms with Gasteiger partial charge in [-0.25, -0.2) is 0 Å². The summed E-state index contributed by atoms with van der Waals surface area (Å²) in [6, 6.07) is 0. The number of aliphatic hydroxyl groups excluding tert-OH is 1. The standard InChI is InChI=1S/C8H19NO/c1-7(2)4-9-5-8(3)6-10/h7-10H,4-6H2,1-3H3. The molecule has 0 aromatic heterocycles. The molecule has 62 valence electrons. The first-order valence-electron chi connectivity index (χ1n) is 3.98. The molecule has 0 aliphatic heterocycles. The highest BCUT2D eigenvalue weighted by molar-refractivity contribution is 4.56. The van der Waals surface area contributed by atoms with Gasteiger partial charge in [0, 0.05) is 6.61 Å². The second-order valence-corrected chi connectivity index (χ2v) is 3.34. The van der Waals surface area contributed by atoms with E-state index < -0.39 is 0 Å². The maximum atomic E-state index is 8.66. The van der Waals surface area contributed by atoms with Gasteiger partial charge in [-0.05, 0) is 24.9 Å². The Morgan fingerprint density at radius 2 is 1.80 bits per heavy atom. The normalized spacial score (nSPS) is 14.1. The van der Waals surface area contributed by atoms with Crippen molar-refractivity contribution in [3.05, 3.63) is 0 Å². The van der Waals surface area contributed by atoms with Crippen molar-refractivity contribution in [1.82, 2.24) is 5.32 Å². The third kappa shape index (κ3) is 6.05. The SMILES string of the molecule is CC(C)CNCC(C)CO. The molecule has 2 N–H and O–H groups in total. The summed E-state index contributed by atoms with van der Waals surface area (Å²) in [6.07, 6.45) is 0. The minimum atomic E-state index is 0.283. The fourth-order valence-electron chi connectivity index (χ4n) is 0.683. The van der Waals surface area contributed by atoms with Crippen LogP contribution in [0.1, 0.15) is 20.8 Å². The van der Waals surface area contributed by atoms with E-state index in [1.54, 1.807) is 0 Å². The highest BCUT2D eigenvalue weighted by atomic mass is 16.3. The number of hydrogen-bond acceptors (Lipinski definition) is 2. The van der Waals surface area contributed by atoms with Gasteiger partial charge in [0.05, 0.1) is 0 Å². The summed E-state index contributed by atoms with van der Waals surface area (Å²) in [5.41, 5.74) is 0. The molecular formula is C8H19NO. The lowest BCUT2D eigenvalue weighted by atomic mass is 10.2. The number of nitrogens with one attached hydrogen (secondary N) is 1. The maximum absolute atomic E-state index is 8.66. The van der Waals surface area contributed by atoms with E-state index in [2.05, 4.69) is 19.2 Å². The van der Waals surface area contributed by atoms with E-state index >= 15 is 0 Å². The smallest absolute Gasteiger partial charge is 0.0468 e. The minimum Gasteiger partial charge on any atom is -0.396 e. The highest BCUT2D eigenvalue weighted by Crippen LogP contribution is 1.91. The Hall–Kier alpha value is -0.0800. The first kappa shape index (κ1) is 9.92. The fraction of sp³-hybridized carbons (Fsp3) is 1.00. The largest absolute Gasteiger partial charge is 0.396 e. The van der Waals surface area contributed by atoms with Gasteiger partial charge < -0.3 is 10.4 Å². The van der Waals surface area contributed by atoms with Crippen molar-refractivity contribution in [2.45, 2.75) is 20.8 Å². The molecule has 0 aliphatic rings. The molecule has 0 bridgehead atoms. The Morgan fingerprint density at radius 1 is 1.20 bits per heavy atom. The molecule has 0 aliphatic carbocycles. The van der Waals surface area contributed by atoms with Crippen molar-refractivity contribution in [1.29, 1.82) is 0 Å². The van der Waals surface area contributed by atoms with Gasteiger partial charge >= 0.3 is 0 Å². The van der Waals surface area contributed by atoms with Crippen molar-refractivity contribution in [3.63, 3.8) is 0 Å². The molecule has 0 spiro atoms. The summed E-state index contributed by atoms with van der Waals surface area (Å²) in [7, 11) is 0. The molecule has 0 fully saturated rings. The zero-order valence-electron chi connectivity index (χ0n) is 7.22. The Bertz CT molecular complexity index is 73.7. The van der Waals surface area contributed by atoms with Gasteiger partial charge in [0.2, 0.25) is 0 Å². The van der Waals surface area contributed by atoms with Gasteiger partial charge in [-0.1, -0.05) is 20.8 Å². The van der Waals surface area contributed by atoms with Crippen molar-refractivity contribution in [3.8, 4) is 0 Å². The van der Waals surface area contributed by atoms with E-state index in [0.717, 1.165) is 13.1 Å². The first-order valence-corrected chi connectivity index (χ1v) is 3.98. The van der Waals surface area contributed by atoms with Crippen molar-refractivity contribution in [2.75, 3.05) is 19.7 Å². The van der Waals surface area contributed by atoms with Crippen LogP contribution in [0.25, 0.3) is 0 Å². The zero-order valence-corrected chi connectivity index (χ0v) is 7.22. The molecule has 0 radical (unpaired) electrons. The molecule has 0 heterocycles. The van der Waals surface area contributed by atoms with E-state index in [9.17, 15) is 0 Å². The summed E-state index contributed by atoms with van der Waals surface area (Å²) < 4.78 is 0. The molecule has 1 unspecified atom stereocenters. The van der Waals surface area contributed by atoms with Crippen LogP contribution in [-0.4, -0.2) is 24.8 Å². The van der Waals surface area contributed by atoms with Crippen LogP contribution in [0.5, 0.6) is 0 Å². The third-order valence-corrected chi connectivity index (χ3v) is 1.36. The summed E-state index contributed by atoms with van der Waals surface area (Å²) in [4.78, 5) is 0. The van der Waals surface area contributed by atoms with E-state index in [1.165, 1.54) is 0 Å². The van der Waals surface area contributed by atoms with E-state index in [4.69, 9.17) is 5.11 Å². The van der Waals surface area contributed by atoms with E-state index in [-0.39, 0.29) is 6.61 Å². The van der Waals surface area contributed by atoms with Crippen molar-refractivity contribution >= 4 is 0 Å². The molecule has 0 aromatic rings. The molecule has 0 rings (SSSR count). The average molecular weight is 145 g/mol. The predicted octanol–water partition coefficient (Wildman–Crippen LogP) is 0.860. The second-order valence-electron chi connectivity index (χ2n) is 3.34. The van der Waals surface area contributed by atoms with Gasteiger partial charge in [0.25, 0.3) is 0 Å². The number of rotatable bonds is 5. The van der Waals surface area contributed by atoms with Crippen LogP contribution >= 0.6 is 0 Å². The molecule has 1 atom stereocenters. The maximum Gasteiger partial charge on any atom is 0.0468 e. The summed E-state index contributed by atoms with van der Waals surface area (Å²) >= 11 is 0. The van der Waals surface area contributed by atoms with Crippen LogP contribution in [0.3, 0.4) is 0 Å². The lowest BCUT2D eigenvalue weighted by Crippen LogP contribution is -2.26. The van der Waals surface area contributed by atoms with Crippen molar-refractivity contribution in [2.24, 2.45) is 11.8 Å².